The fourth-order valence-electron chi connectivity index (χ4n) is 3.16. The van der Waals surface area contributed by atoms with Crippen LogP contribution in [0.1, 0.15) is 33.4 Å². The van der Waals surface area contributed by atoms with Gasteiger partial charge in [-0.3, -0.25) is 0 Å². The maximum Gasteiger partial charge on any atom is 3.00 e. The molecule has 3 N–H and O–H groups in total. The van der Waals surface area contributed by atoms with Gasteiger partial charge in [-0.1, -0.05) is 0 Å². The van der Waals surface area contributed by atoms with E-state index in [4.69, 9.17) is 0 Å². The summed E-state index contributed by atoms with van der Waals surface area (Å²) in [7, 11) is -13.3. The number of aromatic hydroxyl groups is 3. The first-order chi connectivity index (χ1) is 17.5. The quantitative estimate of drug-likeness (QED) is 0.280. The molecule has 0 radical (unpaired) electrons. The molecule has 0 bridgehead atoms. The molecule has 0 unspecified atom stereocenters. The van der Waals surface area contributed by atoms with Crippen molar-refractivity contribution in [1.82, 2.24) is 0 Å². The summed E-state index contributed by atoms with van der Waals surface area (Å²) in [5.74, 6) is -0.0281. The molecule has 40 heavy (non-hydrogen) atoms. The maximum absolute atomic E-state index is 10.7. The van der Waals surface area contributed by atoms with Crippen LogP contribution in [0, 0.1) is 41.5 Å². The van der Waals surface area contributed by atoms with Gasteiger partial charge in [0.15, 0.2) is 0 Å². The van der Waals surface area contributed by atoms with Gasteiger partial charge in [-0.15, -0.1) is 0 Å². The van der Waals surface area contributed by atoms with Gasteiger partial charge in [0.1, 0.15) is 47.6 Å². The summed E-state index contributed by atoms with van der Waals surface area (Å²) in [6.07, 6.45) is 0. The molecule has 0 saturated carbocycles. The van der Waals surface area contributed by atoms with Crippen molar-refractivity contribution in [2.45, 2.75) is 56.2 Å². The van der Waals surface area contributed by atoms with E-state index in [1.807, 2.05) is 0 Å². The average Bonchev–Trinajstić information content (AvgIpc) is 2.78. The van der Waals surface area contributed by atoms with Crippen LogP contribution >= 0.6 is 0 Å². The second-order valence-electron chi connectivity index (χ2n) is 8.36. The van der Waals surface area contributed by atoms with Crippen molar-refractivity contribution in [2.75, 3.05) is 0 Å². The predicted molar refractivity (Wildman–Crippen MR) is 142 cm³/mol. The summed E-state index contributed by atoms with van der Waals surface area (Å²) in [6, 6.07) is 6.94. The van der Waals surface area contributed by atoms with E-state index in [2.05, 4.69) is 0 Å². The molecule has 0 aromatic heterocycles. The molecule has 3 aromatic carbocycles. The third-order valence-corrected chi connectivity index (χ3v) is 8.88. The average molecular weight is 631 g/mol. The largest absolute Gasteiger partial charge is 3.00 e. The second kappa shape index (κ2) is 13.8. The summed E-state index contributed by atoms with van der Waals surface area (Å²) in [5.41, 5.74) is 2.14. The molecule has 12 nitrogen and oxygen atoms in total. The molecule has 0 aliphatic heterocycles. The normalized spacial score (nSPS) is 11.3. The summed E-state index contributed by atoms with van der Waals surface area (Å²) in [4.78, 5) is -0.826. The molecule has 0 fully saturated rings. The van der Waals surface area contributed by atoms with Crippen LogP contribution in [0.2, 0.25) is 0 Å². The Hall–Kier alpha value is -2.68. The molecule has 3 aromatic rings. The first-order valence-electron chi connectivity index (χ1n) is 10.8. The van der Waals surface area contributed by atoms with Gasteiger partial charge in [-0.2, -0.15) is 0 Å². The molecule has 0 saturated heterocycles. The number of hydrogen-bond donors (Lipinski definition) is 3. The van der Waals surface area contributed by atoms with E-state index in [1.54, 1.807) is 20.8 Å². The topological polar surface area (TPSA) is 232 Å². The van der Waals surface area contributed by atoms with Gasteiger partial charge in [-0.05, 0) is 111 Å². The van der Waals surface area contributed by atoms with E-state index in [1.165, 1.54) is 39.0 Å². The molecule has 3 rings (SSSR count). The number of phenols is 3. The molecular weight excluding hydrogens is 603 g/mol. The Bertz CT molecular complexity index is 1510. The Kier molecular flexibility index (Phi) is 12.9. The van der Waals surface area contributed by atoms with Crippen molar-refractivity contribution in [3.05, 3.63) is 69.8 Å². The van der Waals surface area contributed by atoms with Crippen molar-refractivity contribution in [2.24, 2.45) is 0 Å². The van der Waals surface area contributed by atoms with E-state index >= 15 is 0 Å². The Morgan fingerprint density at radius 3 is 0.750 bits per heavy atom. The van der Waals surface area contributed by atoms with E-state index in [0.717, 1.165) is 18.2 Å². The smallest absolute Gasteiger partial charge is 0.744 e. The third-order valence-electron chi connectivity index (χ3n) is 5.93. The van der Waals surface area contributed by atoms with Crippen LogP contribution < -0.4 is 0 Å². The van der Waals surface area contributed by atoms with Gasteiger partial charge in [0.2, 0.25) is 0 Å². The zero-order valence-corrected chi connectivity index (χ0v) is 25.9. The summed E-state index contributed by atoms with van der Waals surface area (Å²) in [5, 5.41) is 27.6. The Balaban J connectivity index is 0.000000563. The fourth-order valence-corrected chi connectivity index (χ4v) is 5.45. The van der Waals surface area contributed by atoms with Gasteiger partial charge in [0.25, 0.3) is 0 Å². The van der Waals surface area contributed by atoms with Gasteiger partial charge in [0, 0.05) is 0 Å². The number of phenolic OH excluding ortho intramolecular Hbond substituents is 3. The van der Waals surface area contributed by atoms with E-state index in [0.29, 0.717) is 33.4 Å². The first-order valence-corrected chi connectivity index (χ1v) is 15.0. The maximum atomic E-state index is 10.7. The van der Waals surface area contributed by atoms with Gasteiger partial charge < -0.3 is 29.0 Å². The molecule has 0 aliphatic carbocycles. The minimum absolute atomic E-state index is 0. The van der Waals surface area contributed by atoms with Crippen molar-refractivity contribution in [3.8, 4) is 17.2 Å². The molecule has 0 amide bonds. The zero-order chi connectivity index (χ0) is 30.7. The molecule has 216 valence electrons. The van der Waals surface area contributed by atoms with Crippen LogP contribution in [-0.4, -0.2) is 71.6 Å². The van der Waals surface area contributed by atoms with Crippen molar-refractivity contribution in [3.63, 3.8) is 0 Å². The molecule has 0 aliphatic rings. The van der Waals surface area contributed by atoms with Crippen LogP contribution in [0.15, 0.2) is 51.1 Å². The summed E-state index contributed by atoms with van der Waals surface area (Å²) < 4.78 is 96.1. The monoisotopic (exact) mass is 630 g/mol. The van der Waals surface area contributed by atoms with E-state index < -0.39 is 30.4 Å². The standard InChI is InChI=1S/3C8H10O4S.Al/c3*1-5-6(2)8(13(10,11)12)4-3-7(5)9;/h3*3-4,9H,1-2H3,(H,10,11,12);/q;;;+3/p-3. The number of benzene rings is 3. The third kappa shape index (κ3) is 9.46. The Morgan fingerprint density at radius 1 is 0.425 bits per heavy atom. The van der Waals surface area contributed by atoms with Gasteiger partial charge in [0.05, 0.1) is 14.7 Å². The summed E-state index contributed by atoms with van der Waals surface area (Å²) in [6.45, 7) is 9.12. The van der Waals surface area contributed by atoms with Gasteiger partial charge >= 0.3 is 17.4 Å². The molecule has 16 heteroatoms. The minimum Gasteiger partial charge on any atom is -0.744 e. The minimum atomic E-state index is -4.43. The van der Waals surface area contributed by atoms with Crippen LogP contribution in [0.4, 0.5) is 0 Å². The van der Waals surface area contributed by atoms with Crippen molar-refractivity contribution in [1.29, 1.82) is 0 Å². The van der Waals surface area contributed by atoms with Crippen LogP contribution in [-0.2, 0) is 30.4 Å². The van der Waals surface area contributed by atoms with Crippen LogP contribution in [0.3, 0.4) is 0 Å². The second-order valence-corrected chi connectivity index (χ2v) is 12.4. The van der Waals surface area contributed by atoms with Crippen LogP contribution in [0.5, 0.6) is 17.2 Å². The fraction of sp³-hybridized carbons (Fsp3) is 0.250. The molecular formula is C24H27AlO12S3. The van der Waals surface area contributed by atoms with Crippen LogP contribution in [0.25, 0.3) is 0 Å². The summed E-state index contributed by atoms with van der Waals surface area (Å²) >= 11 is 0. The Morgan fingerprint density at radius 2 is 0.600 bits per heavy atom. The SMILES string of the molecule is Cc1c(O)ccc(S(=O)(=O)[O-])c1C.Cc1c(O)ccc(S(=O)(=O)[O-])c1C.Cc1c(O)ccc(S(=O)(=O)[O-])c1C.[Al+3]. The molecule has 0 atom stereocenters. The molecule has 0 spiro atoms. The first kappa shape index (κ1) is 37.3. The predicted octanol–water partition coefficient (Wildman–Crippen LogP) is 2.36. The number of hydrogen-bond acceptors (Lipinski definition) is 12. The van der Waals surface area contributed by atoms with Gasteiger partial charge in [-0.25, -0.2) is 25.3 Å². The van der Waals surface area contributed by atoms with E-state index in [-0.39, 0.29) is 49.3 Å². The van der Waals surface area contributed by atoms with Crippen molar-refractivity contribution >= 4 is 47.7 Å². The Labute approximate surface area is 244 Å². The van der Waals surface area contributed by atoms with E-state index in [9.17, 15) is 54.2 Å². The number of rotatable bonds is 3. The zero-order valence-electron chi connectivity index (χ0n) is 22.3. The molecule has 0 heterocycles. The van der Waals surface area contributed by atoms with Crippen molar-refractivity contribution < 1.29 is 54.2 Å².